The molecular weight excluding hydrogens is 256 g/mol. The number of nitrogens with one attached hydrogen (secondary N) is 1. The molecule has 20 heavy (non-hydrogen) atoms. The molecule has 0 bridgehead atoms. The maximum atomic E-state index is 12.1. The van der Waals surface area contributed by atoms with Gasteiger partial charge >= 0.3 is 12.0 Å². The number of rotatable bonds is 8. The SMILES string of the molecule is CC(C)C1CCCN1C(=O)NCCCCCCC(=O)O. The molecule has 5 nitrogen and oxygen atoms in total. The second-order valence-electron chi connectivity index (χ2n) is 5.94. The van der Waals surface area contributed by atoms with Crippen molar-refractivity contribution in [2.24, 2.45) is 5.92 Å². The fraction of sp³-hybridized carbons (Fsp3) is 0.867. The van der Waals surface area contributed by atoms with Crippen LogP contribution in [0.25, 0.3) is 0 Å². The lowest BCUT2D eigenvalue weighted by Crippen LogP contribution is -2.44. The minimum absolute atomic E-state index is 0.0618. The van der Waals surface area contributed by atoms with Gasteiger partial charge in [0.05, 0.1) is 0 Å². The van der Waals surface area contributed by atoms with Gasteiger partial charge in [0.25, 0.3) is 0 Å². The van der Waals surface area contributed by atoms with Crippen LogP contribution >= 0.6 is 0 Å². The number of hydrogen-bond donors (Lipinski definition) is 2. The molecule has 1 aliphatic heterocycles. The summed E-state index contributed by atoms with van der Waals surface area (Å²) in [7, 11) is 0. The number of aliphatic carboxylic acids is 1. The first-order valence-corrected chi connectivity index (χ1v) is 7.78. The number of carboxylic acids is 1. The fourth-order valence-electron chi connectivity index (χ4n) is 2.79. The number of carbonyl (C=O) groups excluding carboxylic acids is 1. The van der Waals surface area contributed by atoms with E-state index >= 15 is 0 Å². The van der Waals surface area contributed by atoms with Crippen molar-refractivity contribution in [3.05, 3.63) is 0 Å². The minimum Gasteiger partial charge on any atom is -0.481 e. The molecule has 0 spiro atoms. The van der Waals surface area contributed by atoms with Crippen molar-refractivity contribution in [2.75, 3.05) is 13.1 Å². The standard InChI is InChI=1S/C15H28N2O3/c1-12(2)13-8-7-11-17(13)15(20)16-10-6-4-3-5-9-14(18)19/h12-13H,3-11H2,1-2H3,(H,16,20)(H,18,19). The van der Waals surface area contributed by atoms with Gasteiger partial charge in [-0.25, -0.2) is 4.79 Å². The third-order valence-electron chi connectivity index (χ3n) is 3.92. The van der Waals surface area contributed by atoms with Crippen LogP contribution in [0.4, 0.5) is 4.79 Å². The third kappa shape index (κ3) is 5.80. The highest BCUT2D eigenvalue weighted by molar-refractivity contribution is 5.74. The van der Waals surface area contributed by atoms with E-state index in [0.29, 0.717) is 18.5 Å². The second-order valence-corrected chi connectivity index (χ2v) is 5.94. The van der Waals surface area contributed by atoms with E-state index in [2.05, 4.69) is 19.2 Å². The van der Waals surface area contributed by atoms with E-state index in [9.17, 15) is 9.59 Å². The summed E-state index contributed by atoms with van der Waals surface area (Å²) >= 11 is 0. The average Bonchev–Trinajstić information content (AvgIpc) is 2.86. The molecular formula is C15H28N2O3. The van der Waals surface area contributed by atoms with Gasteiger partial charge in [0.15, 0.2) is 0 Å². The number of nitrogens with zero attached hydrogens (tertiary/aromatic N) is 1. The monoisotopic (exact) mass is 284 g/mol. The summed E-state index contributed by atoms with van der Waals surface area (Å²) < 4.78 is 0. The van der Waals surface area contributed by atoms with Gasteiger partial charge in [-0.1, -0.05) is 26.7 Å². The Labute approximate surface area is 121 Å². The highest BCUT2D eigenvalue weighted by atomic mass is 16.4. The molecule has 1 rings (SSSR count). The average molecular weight is 284 g/mol. The molecule has 1 aliphatic rings. The van der Waals surface area contributed by atoms with Crippen LogP contribution < -0.4 is 5.32 Å². The normalized spacial score (nSPS) is 18.6. The summed E-state index contributed by atoms with van der Waals surface area (Å²) in [6.45, 7) is 5.89. The Kier molecular flexibility index (Phi) is 7.41. The van der Waals surface area contributed by atoms with Crippen LogP contribution in [0.15, 0.2) is 0 Å². The van der Waals surface area contributed by atoms with Gasteiger partial charge < -0.3 is 15.3 Å². The molecule has 0 aliphatic carbocycles. The van der Waals surface area contributed by atoms with Crippen molar-refractivity contribution in [1.29, 1.82) is 0 Å². The summed E-state index contributed by atoms with van der Waals surface area (Å²) in [6, 6.07) is 0.442. The van der Waals surface area contributed by atoms with Gasteiger partial charge in [0, 0.05) is 25.6 Å². The number of carboxylic acid groups (broad SMARTS) is 1. The molecule has 0 aromatic carbocycles. The predicted molar refractivity (Wildman–Crippen MR) is 78.7 cm³/mol. The van der Waals surface area contributed by atoms with Crippen molar-refractivity contribution in [1.82, 2.24) is 10.2 Å². The molecule has 2 N–H and O–H groups in total. The zero-order valence-electron chi connectivity index (χ0n) is 12.7. The molecule has 1 unspecified atom stereocenters. The first kappa shape index (κ1) is 16.8. The first-order valence-electron chi connectivity index (χ1n) is 7.78. The van der Waals surface area contributed by atoms with Gasteiger partial charge in [0.1, 0.15) is 0 Å². The molecule has 1 fully saturated rings. The zero-order chi connectivity index (χ0) is 15.0. The number of hydrogen-bond acceptors (Lipinski definition) is 2. The van der Waals surface area contributed by atoms with Gasteiger partial charge in [-0.2, -0.15) is 0 Å². The summed E-state index contributed by atoms with van der Waals surface area (Å²) in [5, 5.41) is 11.5. The Morgan fingerprint density at radius 2 is 1.95 bits per heavy atom. The van der Waals surface area contributed by atoms with E-state index in [4.69, 9.17) is 5.11 Å². The van der Waals surface area contributed by atoms with Crippen LogP contribution in [0.3, 0.4) is 0 Å². The molecule has 0 aromatic rings. The van der Waals surface area contributed by atoms with E-state index in [1.165, 1.54) is 0 Å². The maximum Gasteiger partial charge on any atom is 0.317 e. The zero-order valence-corrected chi connectivity index (χ0v) is 12.7. The fourth-order valence-corrected chi connectivity index (χ4v) is 2.79. The molecule has 1 atom stereocenters. The number of amides is 2. The van der Waals surface area contributed by atoms with Gasteiger partial charge in [-0.3, -0.25) is 4.79 Å². The molecule has 5 heteroatoms. The van der Waals surface area contributed by atoms with Gasteiger partial charge in [0.2, 0.25) is 0 Å². The van der Waals surface area contributed by atoms with Crippen LogP contribution in [0.1, 0.15) is 58.8 Å². The van der Waals surface area contributed by atoms with Crippen LogP contribution in [0.5, 0.6) is 0 Å². The summed E-state index contributed by atoms with van der Waals surface area (Å²) in [5.41, 5.74) is 0. The molecule has 0 radical (unpaired) electrons. The lowest BCUT2D eigenvalue weighted by Gasteiger charge is -2.27. The van der Waals surface area contributed by atoms with Crippen molar-refractivity contribution < 1.29 is 14.7 Å². The number of urea groups is 1. The summed E-state index contributed by atoms with van der Waals surface area (Å²) in [6.07, 6.45) is 6.00. The summed E-state index contributed by atoms with van der Waals surface area (Å²) in [5.74, 6) is -0.216. The Balaban J connectivity index is 2.09. The Morgan fingerprint density at radius 1 is 1.25 bits per heavy atom. The third-order valence-corrected chi connectivity index (χ3v) is 3.92. The van der Waals surface area contributed by atoms with E-state index < -0.39 is 5.97 Å². The molecule has 2 amide bonds. The van der Waals surface area contributed by atoms with E-state index in [1.807, 2.05) is 4.90 Å². The Hall–Kier alpha value is -1.26. The van der Waals surface area contributed by atoms with E-state index in [0.717, 1.165) is 45.1 Å². The van der Waals surface area contributed by atoms with Gasteiger partial charge in [-0.05, 0) is 31.6 Å². The highest BCUT2D eigenvalue weighted by Crippen LogP contribution is 2.23. The van der Waals surface area contributed by atoms with Crippen LogP contribution in [0.2, 0.25) is 0 Å². The van der Waals surface area contributed by atoms with Crippen molar-refractivity contribution in [3.63, 3.8) is 0 Å². The largest absolute Gasteiger partial charge is 0.481 e. The molecule has 1 heterocycles. The van der Waals surface area contributed by atoms with Crippen LogP contribution in [0, 0.1) is 5.92 Å². The Bertz CT molecular complexity index is 318. The molecule has 1 saturated heterocycles. The topological polar surface area (TPSA) is 69.6 Å². The minimum atomic E-state index is -0.730. The Morgan fingerprint density at radius 3 is 2.60 bits per heavy atom. The summed E-state index contributed by atoms with van der Waals surface area (Å²) in [4.78, 5) is 24.4. The molecule has 0 aromatic heterocycles. The highest BCUT2D eigenvalue weighted by Gasteiger charge is 2.30. The maximum absolute atomic E-state index is 12.1. The van der Waals surface area contributed by atoms with Gasteiger partial charge in [-0.15, -0.1) is 0 Å². The van der Waals surface area contributed by atoms with Crippen molar-refractivity contribution >= 4 is 12.0 Å². The molecule has 0 saturated carbocycles. The number of carbonyl (C=O) groups is 2. The van der Waals surface area contributed by atoms with E-state index in [-0.39, 0.29) is 12.5 Å². The van der Waals surface area contributed by atoms with Crippen LogP contribution in [-0.4, -0.2) is 41.1 Å². The predicted octanol–water partition coefficient (Wildman–Crippen LogP) is 2.85. The quantitative estimate of drug-likeness (QED) is 0.673. The molecule has 116 valence electrons. The number of likely N-dealkylation sites (tertiary alicyclic amines) is 1. The van der Waals surface area contributed by atoms with Crippen molar-refractivity contribution in [2.45, 2.75) is 64.8 Å². The van der Waals surface area contributed by atoms with E-state index in [1.54, 1.807) is 0 Å². The number of unbranched alkanes of at least 4 members (excludes halogenated alkanes) is 3. The smallest absolute Gasteiger partial charge is 0.317 e. The lowest BCUT2D eigenvalue weighted by molar-refractivity contribution is -0.137. The van der Waals surface area contributed by atoms with Crippen LogP contribution in [-0.2, 0) is 4.79 Å². The lowest BCUT2D eigenvalue weighted by atomic mass is 10.0. The first-order chi connectivity index (χ1) is 9.52. The van der Waals surface area contributed by atoms with Crippen molar-refractivity contribution in [3.8, 4) is 0 Å². The second kappa shape index (κ2) is 8.82.